The van der Waals surface area contributed by atoms with Gasteiger partial charge >= 0.3 is 6.09 Å². The summed E-state index contributed by atoms with van der Waals surface area (Å²) in [5.74, 6) is -1.27. The van der Waals surface area contributed by atoms with Gasteiger partial charge in [0, 0.05) is 0 Å². The first-order chi connectivity index (χ1) is 6.90. The molecule has 1 amide bonds. The van der Waals surface area contributed by atoms with Gasteiger partial charge in [0.25, 0.3) is 0 Å². The van der Waals surface area contributed by atoms with Crippen LogP contribution in [0.3, 0.4) is 0 Å². The number of carbonyl (C=O) groups excluding carboxylic acids is 2. The van der Waals surface area contributed by atoms with E-state index in [1.165, 1.54) is 0 Å². The number of hydrogen-bond acceptors (Lipinski definition) is 3. The molecule has 1 aliphatic rings. The number of hydrogen-bond donors (Lipinski definition) is 0. The molecule has 0 aliphatic carbocycles. The molecule has 12 heavy (non-hydrogen) atoms. The Morgan fingerprint density at radius 1 is 1.58 bits per heavy atom. The molecule has 1 aliphatic heterocycles. The van der Waals surface area contributed by atoms with Crippen molar-refractivity contribution in [2.24, 2.45) is 0 Å². The molecule has 0 spiro atoms. The first-order valence-corrected chi connectivity index (χ1v) is 3.49. The molecule has 1 saturated heterocycles. The molecule has 0 atom stereocenters. The van der Waals surface area contributed by atoms with Crippen LogP contribution in [0, 0.1) is 0 Å². The van der Waals surface area contributed by atoms with Crippen molar-refractivity contribution in [1.82, 2.24) is 4.90 Å². The Bertz CT molecular complexity index is 330. The summed E-state index contributed by atoms with van der Waals surface area (Å²) >= 11 is 0. The molecule has 1 rings (SSSR count). The number of ketones is 1. The summed E-state index contributed by atoms with van der Waals surface area (Å²) in [5.41, 5.74) is -0.873. The quantitative estimate of drug-likeness (QED) is 0.547. The maximum absolute atomic E-state index is 11.5. The maximum atomic E-state index is 11.5. The SMILES string of the molecule is [2H]C1([2H])C(=O)C([2H])([2H])N1C(=O)OC(C)(C)C. The van der Waals surface area contributed by atoms with Crippen LogP contribution in [0.4, 0.5) is 4.79 Å². The summed E-state index contributed by atoms with van der Waals surface area (Å²) in [6, 6.07) is 0. The molecule has 0 saturated carbocycles. The molecule has 4 nitrogen and oxygen atoms in total. The van der Waals surface area contributed by atoms with Crippen molar-refractivity contribution in [3.05, 3.63) is 0 Å². The van der Waals surface area contributed by atoms with E-state index in [-0.39, 0.29) is 4.90 Å². The van der Waals surface area contributed by atoms with Gasteiger partial charge in [-0.05, 0) is 20.8 Å². The third kappa shape index (κ3) is 2.22. The van der Waals surface area contributed by atoms with Gasteiger partial charge in [0.05, 0.1) is 18.5 Å². The van der Waals surface area contributed by atoms with Gasteiger partial charge in [0.1, 0.15) is 5.60 Å². The first-order valence-electron chi connectivity index (χ1n) is 5.49. The van der Waals surface area contributed by atoms with Crippen LogP contribution >= 0.6 is 0 Å². The smallest absolute Gasteiger partial charge is 0.411 e. The Morgan fingerprint density at radius 2 is 2.08 bits per heavy atom. The maximum Gasteiger partial charge on any atom is 0.411 e. The Hall–Kier alpha value is -1.06. The molecule has 0 N–H and O–H groups in total. The summed E-state index contributed by atoms with van der Waals surface area (Å²) in [5, 5.41) is 0. The third-order valence-corrected chi connectivity index (χ3v) is 1.00. The third-order valence-electron chi connectivity index (χ3n) is 1.00. The average Bonchev–Trinajstić information content (AvgIpc) is 1.97. The summed E-state index contributed by atoms with van der Waals surface area (Å²) in [6.45, 7) is -0.565. The highest BCUT2D eigenvalue weighted by atomic mass is 16.6. The minimum Gasteiger partial charge on any atom is -0.444 e. The summed E-state index contributed by atoms with van der Waals surface area (Å²) in [6.07, 6.45) is -1.18. The largest absolute Gasteiger partial charge is 0.444 e. The lowest BCUT2D eigenvalue weighted by Gasteiger charge is -2.31. The van der Waals surface area contributed by atoms with E-state index in [0.717, 1.165) is 0 Å². The molecule has 0 aromatic heterocycles. The van der Waals surface area contributed by atoms with Gasteiger partial charge in [0.2, 0.25) is 0 Å². The second kappa shape index (κ2) is 2.77. The van der Waals surface area contributed by atoms with E-state index in [9.17, 15) is 9.59 Å². The predicted molar refractivity (Wildman–Crippen MR) is 42.8 cm³/mol. The second-order valence-electron chi connectivity index (χ2n) is 3.37. The highest BCUT2D eigenvalue weighted by molar-refractivity contribution is 5.94. The lowest BCUT2D eigenvalue weighted by atomic mass is 10.2. The van der Waals surface area contributed by atoms with E-state index in [1.807, 2.05) is 0 Å². The number of amides is 1. The van der Waals surface area contributed by atoms with Crippen LogP contribution in [0.5, 0.6) is 0 Å². The summed E-state index contributed by atoms with van der Waals surface area (Å²) in [7, 11) is 0. The van der Waals surface area contributed by atoms with Crippen LogP contribution in [0.25, 0.3) is 0 Å². The Kier molecular flexibility index (Phi) is 1.12. The van der Waals surface area contributed by atoms with E-state index in [2.05, 4.69) is 0 Å². The summed E-state index contributed by atoms with van der Waals surface area (Å²) in [4.78, 5) is 22.7. The van der Waals surface area contributed by atoms with Crippen LogP contribution in [-0.2, 0) is 9.53 Å². The fourth-order valence-corrected chi connectivity index (χ4v) is 0.602. The van der Waals surface area contributed by atoms with Gasteiger partial charge < -0.3 is 4.74 Å². The van der Waals surface area contributed by atoms with Crippen molar-refractivity contribution in [2.45, 2.75) is 26.4 Å². The Labute approximate surface area is 77.1 Å². The van der Waals surface area contributed by atoms with E-state index < -0.39 is 30.5 Å². The Morgan fingerprint density at radius 3 is 2.50 bits per heavy atom. The van der Waals surface area contributed by atoms with Crippen molar-refractivity contribution in [1.29, 1.82) is 0 Å². The number of rotatable bonds is 0. The van der Waals surface area contributed by atoms with Gasteiger partial charge in [-0.3, -0.25) is 9.69 Å². The molecule has 0 unspecified atom stereocenters. The fraction of sp³-hybridized carbons (Fsp3) is 0.750. The first kappa shape index (κ1) is 4.84. The van der Waals surface area contributed by atoms with E-state index in [1.54, 1.807) is 20.8 Å². The minimum absolute atomic E-state index is 0.174. The molecule has 0 radical (unpaired) electrons. The van der Waals surface area contributed by atoms with E-state index >= 15 is 0 Å². The molecule has 68 valence electrons. The monoisotopic (exact) mass is 175 g/mol. The fourth-order valence-electron chi connectivity index (χ4n) is 0.602. The lowest BCUT2D eigenvalue weighted by Crippen LogP contribution is -2.52. The highest BCUT2D eigenvalue weighted by Gasteiger charge is 2.31. The zero-order valence-electron chi connectivity index (χ0n) is 11.2. The standard InChI is InChI=1S/C8H13NO3/c1-8(2,3)12-7(11)9-4-6(10)5-9/h4-5H2,1-3H3/i4D2,5D2. The van der Waals surface area contributed by atoms with Gasteiger partial charge in [-0.25, -0.2) is 4.79 Å². The minimum atomic E-state index is -2.63. The van der Waals surface area contributed by atoms with E-state index in [4.69, 9.17) is 10.2 Å². The molecule has 4 heteroatoms. The van der Waals surface area contributed by atoms with Gasteiger partial charge in [0.15, 0.2) is 5.78 Å². The van der Waals surface area contributed by atoms with Crippen molar-refractivity contribution in [3.63, 3.8) is 0 Å². The van der Waals surface area contributed by atoms with Crippen molar-refractivity contribution in [2.75, 3.05) is 13.0 Å². The number of likely N-dealkylation sites (tertiary alicyclic amines) is 1. The zero-order chi connectivity index (χ0) is 12.9. The number of Topliss-reactive ketones (excluding diaryl/α,β-unsaturated/α-hetero) is 1. The normalized spacial score (nSPS) is 30.6. The molecular weight excluding hydrogens is 158 g/mol. The van der Waals surface area contributed by atoms with Crippen molar-refractivity contribution < 1.29 is 19.8 Å². The molecule has 0 aromatic rings. The predicted octanol–water partition coefficient (Wildman–Crippen LogP) is 0.806. The number of nitrogens with zero attached hydrogens (tertiary/aromatic N) is 1. The van der Waals surface area contributed by atoms with E-state index in [0.29, 0.717) is 0 Å². The number of carbonyl (C=O) groups is 2. The Balaban J connectivity index is 2.89. The topological polar surface area (TPSA) is 46.6 Å². The lowest BCUT2D eigenvalue weighted by molar-refractivity contribution is -0.128. The van der Waals surface area contributed by atoms with Crippen LogP contribution in [0.15, 0.2) is 0 Å². The highest BCUT2D eigenvalue weighted by Crippen LogP contribution is 2.12. The number of ether oxygens (including phenoxy) is 1. The average molecular weight is 175 g/mol. The van der Waals surface area contributed by atoms with Crippen LogP contribution in [-0.4, -0.2) is 35.4 Å². The van der Waals surface area contributed by atoms with Gasteiger partial charge in [-0.15, -0.1) is 0 Å². The van der Waals surface area contributed by atoms with Crippen LogP contribution in [0.1, 0.15) is 26.3 Å². The van der Waals surface area contributed by atoms with Crippen molar-refractivity contribution in [3.8, 4) is 0 Å². The zero-order valence-corrected chi connectivity index (χ0v) is 7.17. The molecule has 0 bridgehead atoms. The van der Waals surface area contributed by atoms with Crippen molar-refractivity contribution >= 4 is 11.9 Å². The second-order valence-corrected chi connectivity index (χ2v) is 3.37. The summed E-state index contributed by atoms with van der Waals surface area (Å²) < 4.78 is 33.7. The molecule has 1 fully saturated rings. The molecular formula is C8H13NO3. The van der Waals surface area contributed by atoms with Gasteiger partial charge in [-0.1, -0.05) is 0 Å². The molecule has 1 heterocycles. The van der Waals surface area contributed by atoms with Crippen LogP contribution < -0.4 is 0 Å². The molecule has 0 aromatic carbocycles. The van der Waals surface area contributed by atoms with Crippen LogP contribution in [0.2, 0.25) is 0 Å². The van der Waals surface area contributed by atoms with Gasteiger partial charge in [-0.2, -0.15) is 0 Å².